The summed E-state index contributed by atoms with van der Waals surface area (Å²) < 4.78 is 27.3. The van der Waals surface area contributed by atoms with E-state index in [0.29, 0.717) is 38.4 Å². The van der Waals surface area contributed by atoms with Gasteiger partial charge in [-0.05, 0) is 88.1 Å². The Labute approximate surface area is 171 Å². The lowest BCUT2D eigenvalue weighted by molar-refractivity contribution is -0.123. The molecule has 0 spiro atoms. The number of Topliss-reactive ketones (excluding diaryl/α,β-unsaturated/α-hetero) is 1. The summed E-state index contributed by atoms with van der Waals surface area (Å²) in [6.45, 7) is 3.69. The highest BCUT2D eigenvalue weighted by Gasteiger charge is 2.42. The molecule has 0 unspecified atom stereocenters. The molecule has 1 aliphatic heterocycles. The lowest BCUT2D eigenvalue weighted by Gasteiger charge is -2.32. The van der Waals surface area contributed by atoms with Gasteiger partial charge in [-0.25, -0.2) is 8.78 Å². The number of nitrogens with zero attached hydrogens (tertiary/aromatic N) is 1. The highest BCUT2D eigenvalue weighted by molar-refractivity contribution is 5.98. The standard InChI is InChI=1S/C23H30F2N2O2/c1-14(19-11-15-2-3-17(19)10-15)26-22(28)13-27-8-6-16(7-9-27)23(29)20-12-18(24)4-5-21(20)25/h4-5,12,14-17,19H,2-3,6-11,13H2,1H3,(H,26,28)/t14-,15+,17+,19+/m1/s1. The van der Waals surface area contributed by atoms with Crippen LogP contribution in [0.15, 0.2) is 18.2 Å². The van der Waals surface area contributed by atoms with Crippen LogP contribution in [0.1, 0.15) is 55.8 Å². The Morgan fingerprint density at radius 3 is 2.55 bits per heavy atom. The van der Waals surface area contributed by atoms with Gasteiger partial charge in [0.1, 0.15) is 11.6 Å². The normalized spacial score (nSPS) is 28.4. The molecule has 0 aromatic heterocycles. The molecule has 1 N–H and O–H groups in total. The van der Waals surface area contributed by atoms with Crippen LogP contribution in [0.4, 0.5) is 8.78 Å². The first-order valence-corrected chi connectivity index (χ1v) is 10.9. The third-order valence-electron chi connectivity index (χ3n) is 7.34. The molecule has 1 aromatic carbocycles. The molecule has 1 saturated heterocycles. The summed E-state index contributed by atoms with van der Waals surface area (Å²) in [6.07, 6.45) is 6.36. The molecule has 4 atom stereocenters. The number of hydrogen-bond acceptors (Lipinski definition) is 3. The van der Waals surface area contributed by atoms with Gasteiger partial charge in [-0.3, -0.25) is 14.5 Å². The molecule has 2 bridgehead atoms. The predicted octanol–water partition coefficient (Wildman–Crippen LogP) is 3.80. The zero-order valence-electron chi connectivity index (χ0n) is 17.0. The van der Waals surface area contributed by atoms with Gasteiger partial charge in [-0.15, -0.1) is 0 Å². The van der Waals surface area contributed by atoms with E-state index in [9.17, 15) is 18.4 Å². The van der Waals surface area contributed by atoms with Gasteiger partial charge in [0.05, 0.1) is 12.1 Å². The first-order chi connectivity index (χ1) is 13.9. The van der Waals surface area contributed by atoms with Crippen molar-refractivity contribution >= 4 is 11.7 Å². The molecule has 2 saturated carbocycles. The highest BCUT2D eigenvalue weighted by atomic mass is 19.1. The SMILES string of the molecule is C[C@@H](NC(=O)CN1CCC(C(=O)c2cc(F)ccc2F)CC1)[C@@H]1C[C@H]2CC[C@H]1C2. The monoisotopic (exact) mass is 404 g/mol. The second-order valence-electron chi connectivity index (χ2n) is 9.23. The van der Waals surface area contributed by atoms with Crippen molar-refractivity contribution in [1.82, 2.24) is 10.2 Å². The largest absolute Gasteiger partial charge is 0.352 e. The van der Waals surface area contributed by atoms with E-state index in [1.54, 1.807) is 0 Å². The van der Waals surface area contributed by atoms with Crippen molar-refractivity contribution < 1.29 is 18.4 Å². The second-order valence-corrected chi connectivity index (χ2v) is 9.23. The van der Waals surface area contributed by atoms with Gasteiger partial charge < -0.3 is 5.32 Å². The third-order valence-corrected chi connectivity index (χ3v) is 7.34. The molecule has 29 heavy (non-hydrogen) atoms. The number of carbonyl (C=O) groups is 2. The number of carbonyl (C=O) groups excluding carboxylic acids is 2. The van der Waals surface area contributed by atoms with E-state index in [1.807, 2.05) is 0 Å². The fourth-order valence-corrected chi connectivity index (χ4v) is 5.78. The lowest BCUT2D eigenvalue weighted by Crippen LogP contribution is -2.47. The van der Waals surface area contributed by atoms with E-state index in [-0.39, 0.29) is 29.2 Å². The van der Waals surface area contributed by atoms with E-state index >= 15 is 0 Å². The highest BCUT2D eigenvalue weighted by Crippen LogP contribution is 2.49. The predicted molar refractivity (Wildman–Crippen MR) is 106 cm³/mol. The van der Waals surface area contributed by atoms with E-state index in [2.05, 4.69) is 17.1 Å². The van der Waals surface area contributed by atoms with Crippen molar-refractivity contribution in [2.24, 2.45) is 23.7 Å². The summed E-state index contributed by atoms with van der Waals surface area (Å²) in [5, 5.41) is 3.19. The van der Waals surface area contributed by atoms with E-state index < -0.39 is 11.6 Å². The van der Waals surface area contributed by atoms with E-state index in [1.165, 1.54) is 25.7 Å². The zero-order valence-corrected chi connectivity index (χ0v) is 17.0. The summed E-state index contributed by atoms with van der Waals surface area (Å²) in [6, 6.07) is 3.21. The molecule has 1 amide bonds. The van der Waals surface area contributed by atoms with E-state index in [0.717, 1.165) is 30.0 Å². The van der Waals surface area contributed by atoms with Crippen LogP contribution >= 0.6 is 0 Å². The van der Waals surface area contributed by atoms with Gasteiger partial charge in [0.15, 0.2) is 5.78 Å². The van der Waals surface area contributed by atoms with Crippen LogP contribution in [0, 0.1) is 35.3 Å². The fourth-order valence-electron chi connectivity index (χ4n) is 5.78. The number of likely N-dealkylation sites (tertiary alicyclic amines) is 1. The molecular formula is C23H30F2N2O2. The van der Waals surface area contributed by atoms with Gasteiger partial charge in [-0.2, -0.15) is 0 Å². The molecule has 4 rings (SSSR count). The van der Waals surface area contributed by atoms with Gasteiger partial charge in [0.25, 0.3) is 0 Å². The molecule has 6 heteroatoms. The van der Waals surface area contributed by atoms with Gasteiger partial charge in [0.2, 0.25) is 5.91 Å². The van der Waals surface area contributed by atoms with Crippen molar-refractivity contribution in [1.29, 1.82) is 0 Å². The first kappa shape index (κ1) is 20.5. The summed E-state index contributed by atoms with van der Waals surface area (Å²) >= 11 is 0. The molecule has 2 aliphatic carbocycles. The number of rotatable bonds is 6. The Bertz CT molecular complexity index is 776. The summed E-state index contributed by atoms with van der Waals surface area (Å²) in [5.41, 5.74) is -0.166. The third kappa shape index (κ3) is 4.52. The molecule has 3 fully saturated rings. The van der Waals surface area contributed by atoms with Crippen LogP contribution in [0.2, 0.25) is 0 Å². The smallest absolute Gasteiger partial charge is 0.234 e. The average Bonchev–Trinajstić information content (AvgIpc) is 3.33. The second kappa shape index (κ2) is 8.50. The Hall–Kier alpha value is -1.82. The van der Waals surface area contributed by atoms with Crippen LogP contribution in [-0.4, -0.2) is 42.3 Å². The van der Waals surface area contributed by atoms with Crippen molar-refractivity contribution in [2.75, 3.05) is 19.6 Å². The van der Waals surface area contributed by atoms with E-state index in [4.69, 9.17) is 0 Å². The Morgan fingerprint density at radius 2 is 1.90 bits per heavy atom. The molecule has 1 heterocycles. The minimum Gasteiger partial charge on any atom is -0.352 e. The van der Waals surface area contributed by atoms with Gasteiger partial charge in [0, 0.05) is 12.0 Å². The van der Waals surface area contributed by atoms with Crippen LogP contribution in [0.25, 0.3) is 0 Å². The number of halogens is 2. The maximum Gasteiger partial charge on any atom is 0.234 e. The van der Waals surface area contributed by atoms with Crippen molar-refractivity contribution in [2.45, 2.75) is 51.5 Å². The summed E-state index contributed by atoms with van der Waals surface area (Å²) in [5.74, 6) is 0.364. The summed E-state index contributed by atoms with van der Waals surface area (Å²) in [4.78, 5) is 27.1. The minimum absolute atomic E-state index is 0.0428. The van der Waals surface area contributed by atoms with Gasteiger partial charge >= 0.3 is 0 Å². The summed E-state index contributed by atoms with van der Waals surface area (Å²) in [7, 11) is 0. The van der Waals surface area contributed by atoms with Crippen LogP contribution in [-0.2, 0) is 4.79 Å². The molecule has 158 valence electrons. The van der Waals surface area contributed by atoms with Crippen molar-refractivity contribution in [3.05, 3.63) is 35.4 Å². The first-order valence-electron chi connectivity index (χ1n) is 10.9. The van der Waals surface area contributed by atoms with Gasteiger partial charge in [-0.1, -0.05) is 6.42 Å². The number of amides is 1. The lowest BCUT2D eigenvalue weighted by atomic mass is 9.84. The fraction of sp³-hybridized carbons (Fsp3) is 0.652. The maximum absolute atomic E-state index is 13.9. The molecule has 4 nitrogen and oxygen atoms in total. The van der Waals surface area contributed by atoms with Crippen molar-refractivity contribution in [3.8, 4) is 0 Å². The number of nitrogens with one attached hydrogen (secondary N) is 1. The quantitative estimate of drug-likeness (QED) is 0.734. The molecule has 1 aromatic rings. The maximum atomic E-state index is 13.9. The number of fused-ring (bicyclic) bond motifs is 2. The molecule has 0 radical (unpaired) electrons. The van der Waals surface area contributed by atoms with Crippen LogP contribution < -0.4 is 5.32 Å². The Kier molecular flexibility index (Phi) is 6.00. The average molecular weight is 405 g/mol. The number of benzene rings is 1. The number of piperidine rings is 1. The van der Waals surface area contributed by atoms with Crippen molar-refractivity contribution in [3.63, 3.8) is 0 Å². The van der Waals surface area contributed by atoms with Crippen LogP contribution in [0.3, 0.4) is 0 Å². The molecular weight excluding hydrogens is 374 g/mol. The Balaban J connectivity index is 1.24. The Morgan fingerprint density at radius 1 is 1.14 bits per heavy atom. The number of ketones is 1. The minimum atomic E-state index is -0.673. The topological polar surface area (TPSA) is 49.4 Å². The van der Waals surface area contributed by atoms with Crippen LogP contribution in [0.5, 0.6) is 0 Å². The number of hydrogen-bond donors (Lipinski definition) is 1. The zero-order chi connectivity index (χ0) is 20.5. The molecule has 3 aliphatic rings.